The van der Waals surface area contributed by atoms with Crippen molar-refractivity contribution >= 4 is 17.9 Å². The van der Waals surface area contributed by atoms with Gasteiger partial charge >= 0.3 is 12.0 Å². The van der Waals surface area contributed by atoms with E-state index in [0.717, 1.165) is 5.56 Å². The number of hydrogen-bond donors (Lipinski definition) is 4. The Bertz CT molecular complexity index is 616. The molecule has 0 radical (unpaired) electrons. The molecule has 7 heteroatoms. The Kier molecular flexibility index (Phi) is 8.91. The lowest BCUT2D eigenvalue weighted by molar-refractivity contribution is -0.142. The number of benzene rings is 1. The van der Waals surface area contributed by atoms with E-state index in [4.69, 9.17) is 0 Å². The van der Waals surface area contributed by atoms with Crippen molar-refractivity contribution in [2.45, 2.75) is 45.3 Å². The van der Waals surface area contributed by atoms with Gasteiger partial charge in [0.25, 0.3) is 0 Å². The molecule has 0 aromatic heterocycles. The number of allylic oxidation sites excluding steroid dienone is 1. The molecular formula is C19H27N3O4. The monoisotopic (exact) mass is 361 g/mol. The summed E-state index contributed by atoms with van der Waals surface area (Å²) in [6.07, 6.45) is 2.31. The second-order valence-electron chi connectivity index (χ2n) is 6.30. The quantitative estimate of drug-likeness (QED) is 0.478. The van der Waals surface area contributed by atoms with Crippen molar-refractivity contribution < 1.29 is 19.5 Å². The maximum Gasteiger partial charge on any atom is 0.326 e. The fraction of sp³-hybridized carbons (Fsp3) is 0.421. The van der Waals surface area contributed by atoms with Crippen LogP contribution in [-0.4, -0.2) is 35.1 Å². The Morgan fingerprint density at radius 3 is 2.35 bits per heavy atom. The summed E-state index contributed by atoms with van der Waals surface area (Å²) < 4.78 is 0. The van der Waals surface area contributed by atoms with Crippen LogP contribution in [0.5, 0.6) is 0 Å². The highest BCUT2D eigenvalue weighted by Crippen LogP contribution is 2.05. The molecule has 2 atom stereocenters. The summed E-state index contributed by atoms with van der Waals surface area (Å²) in [7, 11) is 0. The summed E-state index contributed by atoms with van der Waals surface area (Å²) in [6, 6.07) is 7.04. The Morgan fingerprint density at radius 2 is 1.81 bits per heavy atom. The van der Waals surface area contributed by atoms with E-state index < -0.39 is 30.0 Å². The Balaban J connectivity index is 2.62. The number of carboxylic acids is 1. The highest BCUT2D eigenvalue weighted by atomic mass is 16.4. The van der Waals surface area contributed by atoms with Crippen LogP contribution in [-0.2, 0) is 16.1 Å². The average Bonchev–Trinajstić information content (AvgIpc) is 2.61. The van der Waals surface area contributed by atoms with Crippen LogP contribution in [0.25, 0.3) is 0 Å². The van der Waals surface area contributed by atoms with Crippen LogP contribution in [0.4, 0.5) is 4.79 Å². The van der Waals surface area contributed by atoms with E-state index >= 15 is 0 Å². The average molecular weight is 361 g/mol. The molecular weight excluding hydrogens is 334 g/mol. The number of hydrogen-bond acceptors (Lipinski definition) is 3. The first-order chi connectivity index (χ1) is 12.3. The minimum atomic E-state index is -1.11. The maximum atomic E-state index is 12.4. The fourth-order valence-corrected chi connectivity index (χ4v) is 2.31. The third-order valence-electron chi connectivity index (χ3n) is 3.81. The lowest BCUT2D eigenvalue weighted by Crippen LogP contribution is -2.55. The molecule has 0 aliphatic rings. The van der Waals surface area contributed by atoms with Gasteiger partial charge in [0.05, 0.1) is 0 Å². The van der Waals surface area contributed by atoms with Gasteiger partial charge in [-0.2, -0.15) is 0 Å². The number of carboxylic acid groups (broad SMARTS) is 1. The smallest absolute Gasteiger partial charge is 0.326 e. The predicted molar refractivity (Wildman–Crippen MR) is 99.4 cm³/mol. The zero-order chi connectivity index (χ0) is 19.5. The van der Waals surface area contributed by atoms with Crippen molar-refractivity contribution in [3.63, 3.8) is 0 Å². The van der Waals surface area contributed by atoms with Gasteiger partial charge in [0.1, 0.15) is 12.1 Å². The van der Waals surface area contributed by atoms with Crippen molar-refractivity contribution in [2.75, 3.05) is 0 Å². The van der Waals surface area contributed by atoms with E-state index in [1.165, 1.54) is 0 Å². The lowest BCUT2D eigenvalue weighted by atomic mass is 10.0. The van der Waals surface area contributed by atoms with E-state index in [9.17, 15) is 19.5 Å². The molecule has 4 N–H and O–H groups in total. The van der Waals surface area contributed by atoms with Gasteiger partial charge in [0.15, 0.2) is 0 Å². The number of rotatable bonds is 10. The molecule has 3 amide bonds. The molecule has 142 valence electrons. The third kappa shape index (κ3) is 7.38. The summed E-state index contributed by atoms with van der Waals surface area (Å²) in [4.78, 5) is 35.8. The number of carbonyl (C=O) groups excluding carboxylic acids is 2. The van der Waals surface area contributed by atoms with E-state index in [1.807, 2.05) is 30.3 Å². The third-order valence-corrected chi connectivity index (χ3v) is 3.81. The van der Waals surface area contributed by atoms with Crippen LogP contribution in [0.2, 0.25) is 0 Å². The molecule has 1 aromatic rings. The molecule has 0 saturated heterocycles. The molecule has 0 saturated carbocycles. The van der Waals surface area contributed by atoms with Crippen molar-refractivity contribution in [1.29, 1.82) is 0 Å². The maximum absolute atomic E-state index is 12.4. The minimum Gasteiger partial charge on any atom is -0.480 e. The predicted octanol–water partition coefficient (Wildman–Crippen LogP) is 2.05. The van der Waals surface area contributed by atoms with E-state index in [0.29, 0.717) is 13.0 Å². The summed E-state index contributed by atoms with van der Waals surface area (Å²) >= 11 is 0. The zero-order valence-electron chi connectivity index (χ0n) is 15.2. The molecule has 1 aromatic carbocycles. The van der Waals surface area contributed by atoms with Gasteiger partial charge in [-0.25, -0.2) is 9.59 Å². The van der Waals surface area contributed by atoms with Gasteiger partial charge in [-0.3, -0.25) is 4.79 Å². The SMILES string of the molecule is C=CCCC(NC(=O)C(NC(=O)NCc1ccccc1)C(C)C)C(=O)O. The topological polar surface area (TPSA) is 108 Å². The number of carbonyl (C=O) groups is 3. The van der Waals surface area contributed by atoms with Crippen molar-refractivity contribution in [1.82, 2.24) is 16.0 Å². The van der Waals surface area contributed by atoms with Crippen LogP contribution >= 0.6 is 0 Å². The van der Waals surface area contributed by atoms with Crippen molar-refractivity contribution in [3.8, 4) is 0 Å². The van der Waals surface area contributed by atoms with Gasteiger partial charge in [-0.15, -0.1) is 6.58 Å². The second-order valence-corrected chi connectivity index (χ2v) is 6.30. The first-order valence-corrected chi connectivity index (χ1v) is 8.57. The molecule has 0 heterocycles. The molecule has 26 heavy (non-hydrogen) atoms. The van der Waals surface area contributed by atoms with Crippen molar-refractivity contribution in [2.24, 2.45) is 5.92 Å². The second kappa shape index (κ2) is 10.9. The van der Waals surface area contributed by atoms with Gasteiger partial charge in [-0.05, 0) is 24.3 Å². The molecule has 7 nitrogen and oxygen atoms in total. The Hall–Kier alpha value is -2.83. The minimum absolute atomic E-state index is 0.202. The molecule has 1 rings (SSSR count). The number of aliphatic carboxylic acids is 1. The summed E-state index contributed by atoms with van der Waals surface area (Å²) in [5, 5.41) is 17.0. The van der Waals surface area contributed by atoms with Crippen LogP contribution in [0.15, 0.2) is 43.0 Å². The zero-order valence-corrected chi connectivity index (χ0v) is 15.2. The van der Waals surface area contributed by atoms with E-state index in [2.05, 4.69) is 22.5 Å². The normalized spacial score (nSPS) is 12.7. The number of urea groups is 1. The fourth-order valence-electron chi connectivity index (χ4n) is 2.31. The van der Waals surface area contributed by atoms with E-state index in [-0.39, 0.29) is 12.3 Å². The van der Waals surface area contributed by atoms with Gasteiger partial charge < -0.3 is 21.1 Å². The number of amides is 3. The van der Waals surface area contributed by atoms with Crippen LogP contribution in [0, 0.1) is 5.92 Å². The largest absolute Gasteiger partial charge is 0.480 e. The molecule has 0 aliphatic heterocycles. The summed E-state index contributed by atoms with van der Waals surface area (Å²) in [5.74, 6) is -1.84. The van der Waals surface area contributed by atoms with Crippen LogP contribution in [0.1, 0.15) is 32.3 Å². The van der Waals surface area contributed by atoms with Gasteiger partial charge in [-0.1, -0.05) is 50.3 Å². The molecule has 0 bridgehead atoms. The molecule has 0 fully saturated rings. The highest BCUT2D eigenvalue weighted by molar-refractivity contribution is 5.90. The van der Waals surface area contributed by atoms with Crippen LogP contribution in [0.3, 0.4) is 0 Å². The summed E-state index contributed by atoms with van der Waals surface area (Å²) in [6.45, 7) is 7.44. The van der Waals surface area contributed by atoms with Gasteiger partial charge in [0, 0.05) is 6.54 Å². The molecule has 0 spiro atoms. The highest BCUT2D eigenvalue weighted by Gasteiger charge is 2.28. The molecule has 0 aliphatic carbocycles. The Morgan fingerprint density at radius 1 is 1.15 bits per heavy atom. The standard InChI is InChI=1S/C19H27N3O4/c1-4-5-11-15(18(24)25)21-17(23)16(13(2)3)22-19(26)20-12-14-9-7-6-8-10-14/h4,6-10,13,15-16H,1,5,11-12H2,2-3H3,(H,21,23)(H,24,25)(H2,20,22,26). The lowest BCUT2D eigenvalue weighted by Gasteiger charge is -2.24. The van der Waals surface area contributed by atoms with Crippen LogP contribution < -0.4 is 16.0 Å². The molecule has 2 unspecified atom stereocenters. The van der Waals surface area contributed by atoms with Gasteiger partial charge in [0.2, 0.25) is 5.91 Å². The summed E-state index contributed by atoms with van der Waals surface area (Å²) in [5.41, 5.74) is 0.934. The first-order valence-electron chi connectivity index (χ1n) is 8.57. The first kappa shape index (κ1) is 21.2. The number of nitrogens with one attached hydrogen (secondary N) is 3. The Labute approximate surface area is 153 Å². The van der Waals surface area contributed by atoms with E-state index in [1.54, 1.807) is 19.9 Å². The van der Waals surface area contributed by atoms with Crippen molar-refractivity contribution in [3.05, 3.63) is 48.6 Å².